The fourth-order valence-electron chi connectivity index (χ4n) is 1.50. The molecule has 1 heterocycles. The first kappa shape index (κ1) is 15.5. The molecule has 0 aliphatic carbocycles. The van der Waals surface area contributed by atoms with E-state index in [1.165, 1.54) is 11.8 Å². The number of nitriles is 1. The highest BCUT2D eigenvalue weighted by Crippen LogP contribution is 2.21. The molecule has 0 saturated heterocycles. The molecule has 1 aromatic heterocycles. The lowest BCUT2D eigenvalue weighted by molar-refractivity contribution is -0.118. The van der Waals surface area contributed by atoms with Crippen LogP contribution in [0.25, 0.3) is 0 Å². The van der Waals surface area contributed by atoms with Crippen LogP contribution in [0.4, 0.5) is 0 Å². The van der Waals surface area contributed by atoms with Crippen LogP contribution in [0, 0.1) is 11.3 Å². The summed E-state index contributed by atoms with van der Waals surface area (Å²) in [7, 11) is 0. The number of hydrogen-bond donors (Lipinski definition) is 2. The molecule has 0 aliphatic heterocycles. The van der Waals surface area contributed by atoms with E-state index < -0.39 is 0 Å². The van der Waals surface area contributed by atoms with E-state index in [9.17, 15) is 4.79 Å². The zero-order valence-electron chi connectivity index (χ0n) is 11.1. The van der Waals surface area contributed by atoms with Gasteiger partial charge in [-0.1, -0.05) is 11.8 Å². The predicted octanol–water partition coefficient (Wildman–Crippen LogP) is 0.440. The molecule has 0 atom stereocenters. The molecule has 0 fully saturated rings. The lowest BCUT2D eigenvalue weighted by Crippen LogP contribution is -2.26. The van der Waals surface area contributed by atoms with E-state index >= 15 is 0 Å². The van der Waals surface area contributed by atoms with E-state index in [0.29, 0.717) is 30.5 Å². The first-order valence-corrected chi connectivity index (χ1v) is 6.99. The molecule has 0 saturated carbocycles. The Labute approximate surface area is 116 Å². The third kappa shape index (κ3) is 4.54. The SMILES string of the molecule is CC(C)n1c(CN)nnc1SCC(=O)NCCC#N. The first-order chi connectivity index (χ1) is 9.10. The minimum atomic E-state index is -0.118. The molecule has 0 aromatic carbocycles. The quantitative estimate of drug-likeness (QED) is 0.554. The van der Waals surface area contributed by atoms with Crippen LogP contribution in [0.3, 0.4) is 0 Å². The number of nitrogens with one attached hydrogen (secondary N) is 1. The zero-order valence-corrected chi connectivity index (χ0v) is 11.9. The minimum Gasteiger partial charge on any atom is -0.354 e. The fourth-order valence-corrected chi connectivity index (χ4v) is 2.42. The summed E-state index contributed by atoms with van der Waals surface area (Å²) < 4.78 is 1.92. The van der Waals surface area contributed by atoms with Gasteiger partial charge in [-0.15, -0.1) is 10.2 Å². The van der Waals surface area contributed by atoms with Gasteiger partial charge < -0.3 is 15.6 Å². The predicted molar refractivity (Wildman–Crippen MR) is 72.3 cm³/mol. The van der Waals surface area contributed by atoms with E-state index in [0.717, 1.165) is 0 Å². The lowest BCUT2D eigenvalue weighted by Gasteiger charge is -2.12. The molecule has 0 spiro atoms. The largest absolute Gasteiger partial charge is 0.354 e. The van der Waals surface area contributed by atoms with Gasteiger partial charge in [0.15, 0.2) is 5.16 Å². The molecule has 0 radical (unpaired) electrons. The maximum absolute atomic E-state index is 11.5. The van der Waals surface area contributed by atoms with E-state index in [1.54, 1.807) is 0 Å². The second-order valence-corrected chi connectivity index (χ2v) is 5.06. The average molecular weight is 282 g/mol. The normalized spacial score (nSPS) is 10.5. The Morgan fingerprint density at radius 2 is 2.32 bits per heavy atom. The van der Waals surface area contributed by atoms with E-state index in [-0.39, 0.29) is 17.7 Å². The van der Waals surface area contributed by atoms with Crippen LogP contribution in [0.1, 0.15) is 32.1 Å². The van der Waals surface area contributed by atoms with Gasteiger partial charge in [-0.2, -0.15) is 5.26 Å². The Kier molecular flexibility index (Phi) is 6.32. The van der Waals surface area contributed by atoms with Crippen molar-refractivity contribution < 1.29 is 4.79 Å². The van der Waals surface area contributed by atoms with Crippen molar-refractivity contribution in [3.63, 3.8) is 0 Å². The molecule has 104 valence electrons. The Bertz CT molecular complexity index is 464. The summed E-state index contributed by atoms with van der Waals surface area (Å²) in [4.78, 5) is 11.5. The van der Waals surface area contributed by atoms with Gasteiger partial charge in [0.05, 0.1) is 24.8 Å². The molecule has 0 bridgehead atoms. The molecule has 0 aliphatic rings. The highest BCUT2D eigenvalue weighted by Gasteiger charge is 2.15. The number of amides is 1. The maximum atomic E-state index is 11.5. The standard InChI is InChI=1S/C11H18N6OS/c1-8(2)17-9(6-13)15-16-11(17)19-7-10(18)14-5-3-4-12/h8H,3,5-7,13H2,1-2H3,(H,14,18). The summed E-state index contributed by atoms with van der Waals surface area (Å²) in [5.41, 5.74) is 5.60. The summed E-state index contributed by atoms with van der Waals surface area (Å²) in [6.07, 6.45) is 0.315. The van der Waals surface area contributed by atoms with Gasteiger partial charge in [-0.3, -0.25) is 4.79 Å². The molecule has 1 aromatic rings. The van der Waals surface area contributed by atoms with Crippen molar-refractivity contribution in [2.24, 2.45) is 5.73 Å². The number of carbonyl (C=O) groups excluding carboxylic acids is 1. The number of carbonyl (C=O) groups is 1. The molecule has 7 nitrogen and oxygen atoms in total. The van der Waals surface area contributed by atoms with Gasteiger partial charge in [-0.05, 0) is 13.8 Å². The van der Waals surface area contributed by atoms with Gasteiger partial charge in [0, 0.05) is 12.6 Å². The van der Waals surface area contributed by atoms with Gasteiger partial charge in [0.2, 0.25) is 5.91 Å². The molecular formula is C11H18N6OS. The van der Waals surface area contributed by atoms with Gasteiger partial charge in [0.25, 0.3) is 0 Å². The van der Waals surface area contributed by atoms with E-state index in [2.05, 4.69) is 15.5 Å². The van der Waals surface area contributed by atoms with Crippen LogP contribution < -0.4 is 11.1 Å². The third-order valence-electron chi connectivity index (χ3n) is 2.33. The number of hydrogen-bond acceptors (Lipinski definition) is 6. The number of nitrogens with zero attached hydrogens (tertiary/aromatic N) is 4. The minimum absolute atomic E-state index is 0.118. The maximum Gasteiger partial charge on any atom is 0.230 e. The van der Waals surface area contributed by atoms with Crippen molar-refractivity contribution in [2.45, 2.75) is 38.0 Å². The van der Waals surface area contributed by atoms with Crippen LogP contribution in [-0.4, -0.2) is 33.0 Å². The van der Waals surface area contributed by atoms with Crippen molar-refractivity contribution in [3.05, 3.63) is 5.82 Å². The summed E-state index contributed by atoms with van der Waals surface area (Å²) in [6, 6.07) is 2.16. The molecule has 3 N–H and O–H groups in total. The highest BCUT2D eigenvalue weighted by atomic mass is 32.2. The second kappa shape index (κ2) is 7.76. The van der Waals surface area contributed by atoms with Crippen LogP contribution in [-0.2, 0) is 11.3 Å². The van der Waals surface area contributed by atoms with Crippen LogP contribution in [0.5, 0.6) is 0 Å². The van der Waals surface area contributed by atoms with Crippen molar-refractivity contribution in [2.75, 3.05) is 12.3 Å². The Balaban J connectivity index is 2.56. The molecular weight excluding hydrogens is 264 g/mol. The zero-order chi connectivity index (χ0) is 14.3. The van der Waals surface area contributed by atoms with Crippen molar-refractivity contribution in [1.82, 2.24) is 20.1 Å². The van der Waals surface area contributed by atoms with Crippen LogP contribution in [0.2, 0.25) is 0 Å². The summed E-state index contributed by atoms with van der Waals surface area (Å²) in [6.45, 7) is 4.72. The molecule has 0 unspecified atom stereocenters. The second-order valence-electron chi connectivity index (χ2n) is 4.11. The topological polar surface area (TPSA) is 110 Å². The summed E-state index contributed by atoms with van der Waals surface area (Å²) >= 11 is 1.32. The third-order valence-corrected chi connectivity index (χ3v) is 3.27. The lowest BCUT2D eigenvalue weighted by atomic mass is 10.4. The van der Waals surface area contributed by atoms with Gasteiger partial charge in [-0.25, -0.2) is 0 Å². The highest BCUT2D eigenvalue weighted by molar-refractivity contribution is 7.99. The first-order valence-electron chi connectivity index (χ1n) is 6.00. The van der Waals surface area contributed by atoms with Gasteiger partial charge in [0.1, 0.15) is 5.82 Å². The number of thioether (sulfide) groups is 1. The van der Waals surface area contributed by atoms with Crippen molar-refractivity contribution in [3.8, 4) is 6.07 Å². The fraction of sp³-hybridized carbons (Fsp3) is 0.636. The number of nitrogens with two attached hydrogens (primary N) is 1. The number of rotatable bonds is 7. The monoisotopic (exact) mass is 282 g/mol. The molecule has 19 heavy (non-hydrogen) atoms. The van der Waals surface area contributed by atoms with E-state index in [1.807, 2.05) is 24.5 Å². The van der Waals surface area contributed by atoms with E-state index in [4.69, 9.17) is 11.0 Å². The smallest absolute Gasteiger partial charge is 0.230 e. The van der Waals surface area contributed by atoms with Crippen molar-refractivity contribution >= 4 is 17.7 Å². The van der Waals surface area contributed by atoms with Crippen LogP contribution >= 0.6 is 11.8 Å². The summed E-state index contributed by atoms with van der Waals surface area (Å²) in [5, 5.41) is 19.8. The Morgan fingerprint density at radius 3 is 2.89 bits per heavy atom. The summed E-state index contributed by atoms with van der Waals surface area (Å²) in [5.74, 6) is 0.844. The Morgan fingerprint density at radius 1 is 1.58 bits per heavy atom. The molecule has 1 rings (SSSR count). The van der Waals surface area contributed by atoms with Crippen LogP contribution in [0.15, 0.2) is 5.16 Å². The average Bonchev–Trinajstić information content (AvgIpc) is 2.79. The van der Waals surface area contributed by atoms with Gasteiger partial charge >= 0.3 is 0 Å². The number of aromatic nitrogens is 3. The Hall–Kier alpha value is -1.59. The molecule has 1 amide bonds. The van der Waals surface area contributed by atoms with Crippen molar-refractivity contribution in [1.29, 1.82) is 5.26 Å². The molecule has 8 heteroatoms.